The smallest absolute Gasteiger partial charge is 0.270 e. The number of pyridine rings is 1. The molecule has 0 atom stereocenters. The number of hydrogen-bond donors (Lipinski definition) is 1. The monoisotopic (exact) mass is 317 g/mol. The molecule has 0 saturated heterocycles. The summed E-state index contributed by atoms with van der Waals surface area (Å²) in [4.78, 5) is 23.2. The van der Waals surface area contributed by atoms with E-state index >= 15 is 0 Å². The molecule has 4 rings (SSSR count). The van der Waals surface area contributed by atoms with Gasteiger partial charge in [-0.05, 0) is 30.3 Å². The Bertz CT molecular complexity index is 1080. The summed E-state index contributed by atoms with van der Waals surface area (Å²) in [7, 11) is 0. The number of fused-ring (bicyclic) bond motifs is 2. The van der Waals surface area contributed by atoms with Gasteiger partial charge in [-0.2, -0.15) is 0 Å². The summed E-state index contributed by atoms with van der Waals surface area (Å²) in [5.41, 5.74) is 2.36. The van der Waals surface area contributed by atoms with E-state index in [0.717, 1.165) is 16.6 Å². The molecule has 0 bridgehead atoms. The van der Waals surface area contributed by atoms with Crippen molar-refractivity contribution in [2.24, 2.45) is 0 Å². The molecule has 0 unspecified atom stereocenters. The maximum Gasteiger partial charge on any atom is 0.270 e. The van der Waals surface area contributed by atoms with E-state index in [1.165, 1.54) is 18.5 Å². The van der Waals surface area contributed by atoms with Crippen molar-refractivity contribution in [2.45, 2.75) is 0 Å². The highest BCUT2D eigenvalue weighted by Crippen LogP contribution is 2.27. The van der Waals surface area contributed by atoms with Crippen molar-refractivity contribution in [3.8, 4) is 0 Å². The van der Waals surface area contributed by atoms with Gasteiger partial charge in [0.05, 0.1) is 16.0 Å². The van der Waals surface area contributed by atoms with Gasteiger partial charge < -0.3 is 5.32 Å². The maximum atomic E-state index is 11.0. The van der Waals surface area contributed by atoms with Crippen LogP contribution in [-0.2, 0) is 0 Å². The van der Waals surface area contributed by atoms with Crippen LogP contribution in [0.1, 0.15) is 0 Å². The number of nitro groups is 1. The first-order chi connectivity index (χ1) is 11.7. The summed E-state index contributed by atoms with van der Waals surface area (Å²) in [5, 5.41) is 15.8. The van der Waals surface area contributed by atoms with Crippen molar-refractivity contribution in [1.29, 1.82) is 0 Å². The standard InChI is InChI=1S/C17H11N5O2/c23-22(24)13-4-6-16-14(9-13)17(20-10-19-16)21-12-3-5-15-11(8-12)2-1-7-18-15/h1-10H,(H,19,20,21). The molecule has 0 fully saturated rings. The number of nitrogens with zero attached hydrogens (tertiary/aromatic N) is 4. The van der Waals surface area contributed by atoms with Crippen molar-refractivity contribution >= 4 is 39.0 Å². The molecule has 116 valence electrons. The largest absolute Gasteiger partial charge is 0.340 e. The van der Waals surface area contributed by atoms with Crippen LogP contribution in [0.5, 0.6) is 0 Å². The molecule has 0 saturated carbocycles. The van der Waals surface area contributed by atoms with Gasteiger partial charge in [-0.15, -0.1) is 0 Å². The highest BCUT2D eigenvalue weighted by molar-refractivity contribution is 5.93. The van der Waals surface area contributed by atoms with Crippen LogP contribution in [0, 0.1) is 10.1 Å². The van der Waals surface area contributed by atoms with Gasteiger partial charge in [0.2, 0.25) is 0 Å². The van der Waals surface area contributed by atoms with Gasteiger partial charge in [-0.3, -0.25) is 15.1 Å². The Morgan fingerprint density at radius 3 is 2.71 bits per heavy atom. The van der Waals surface area contributed by atoms with E-state index in [0.29, 0.717) is 16.7 Å². The lowest BCUT2D eigenvalue weighted by molar-refractivity contribution is -0.384. The number of nitrogens with one attached hydrogen (secondary N) is 1. The minimum absolute atomic E-state index is 0.00283. The number of non-ortho nitro benzene ring substituents is 1. The highest BCUT2D eigenvalue weighted by Gasteiger charge is 2.11. The lowest BCUT2D eigenvalue weighted by Gasteiger charge is -2.09. The van der Waals surface area contributed by atoms with Gasteiger partial charge in [0, 0.05) is 34.8 Å². The van der Waals surface area contributed by atoms with Crippen molar-refractivity contribution < 1.29 is 4.92 Å². The Morgan fingerprint density at radius 1 is 0.958 bits per heavy atom. The van der Waals surface area contributed by atoms with Crippen LogP contribution in [0.25, 0.3) is 21.8 Å². The Kier molecular flexibility index (Phi) is 3.24. The number of hydrogen-bond acceptors (Lipinski definition) is 6. The van der Waals surface area contributed by atoms with Gasteiger partial charge in [0.25, 0.3) is 5.69 Å². The lowest BCUT2D eigenvalue weighted by atomic mass is 10.2. The molecule has 0 aliphatic heterocycles. The van der Waals surface area contributed by atoms with Gasteiger partial charge in [-0.1, -0.05) is 6.07 Å². The highest BCUT2D eigenvalue weighted by atomic mass is 16.6. The average molecular weight is 317 g/mol. The first kappa shape index (κ1) is 14.0. The fraction of sp³-hybridized carbons (Fsp3) is 0. The molecule has 2 aromatic carbocycles. The fourth-order valence-electron chi connectivity index (χ4n) is 2.55. The fourth-order valence-corrected chi connectivity index (χ4v) is 2.55. The maximum absolute atomic E-state index is 11.0. The molecule has 0 amide bonds. The third-order valence-electron chi connectivity index (χ3n) is 3.70. The zero-order chi connectivity index (χ0) is 16.5. The summed E-state index contributed by atoms with van der Waals surface area (Å²) >= 11 is 0. The van der Waals surface area contributed by atoms with Crippen molar-refractivity contribution in [3.05, 3.63) is 71.2 Å². The quantitative estimate of drug-likeness (QED) is 0.456. The summed E-state index contributed by atoms with van der Waals surface area (Å²) < 4.78 is 0. The van der Waals surface area contributed by atoms with E-state index < -0.39 is 4.92 Å². The number of benzene rings is 2. The first-order valence-electron chi connectivity index (χ1n) is 7.22. The van der Waals surface area contributed by atoms with Crippen LogP contribution in [0.15, 0.2) is 61.1 Å². The molecule has 2 heterocycles. The minimum atomic E-state index is -0.433. The topological polar surface area (TPSA) is 93.8 Å². The van der Waals surface area contributed by atoms with Crippen LogP contribution >= 0.6 is 0 Å². The zero-order valence-electron chi connectivity index (χ0n) is 12.4. The minimum Gasteiger partial charge on any atom is -0.340 e. The average Bonchev–Trinajstić information content (AvgIpc) is 2.61. The Hall–Kier alpha value is -3.61. The zero-order valence-corrected chi connectivity index (χ0v) is 12.4. The molecule has 7 heteroatoms. The molecule has 2 aromatic heterocycles. The molecule has 0 aliphatic rings. The predicted octanol–water partition coefficient (Wildman–Crippen LogP) is 3.83. The molecule has 0 aliphatic carbocycles. The van der Waals surface area contributed by atoms with E-state index in [-0.39, 0.29) is 5.69 Å². The third-order valence-corrected chi connectivity index (χ3v) is 3.70. The molecule has 7 nitrogen and oxygen atoms in total. The summed E-state index contributed by atoms with van der Waals surface area (Å²) in [6, 6.07) is 14.1. The van der Waals surface area contributed by atoms with Crippen LogP contribution in [0.2, 0.25) is 0 Å². The SMILES string of the molecule is O=[N+]([O-])c1ccc2ncnc(Nc3ccc4ncccc4c3)c2c1. The van der Waals surface area contributed by atoms with Gasteiger partial charge in [0.15, 0.2) is 0 Å². The van der Waals surface area contributed by atoms with E-state index in [9.17, 15) is 10.1 Å². The van der Waals surface area contributed by atoms with Crippen LogP contribution in [0.4, 0.5) is 17.2 Å². The summed E-state index contributed by atoms with van der Waals surface area (Å²) in [6.07, 6.45) is 3.17. The second-order valence-corrected chi connectivity index (χ2v) is 5.22. The van der Waals surface area contributed by atoms with E-state index in [4.69, 9.17) is 0 Å². The molecule has 1 N–H and O–H groups in total. The third kappa shape index (κ3) is 2.48. The Balaban J connectivity index is 1.80. The molecule has 0 radical (unpaired) electrons. The van der Waals surface area contributed by atoms with Crippen LogP contribution in [-0.4, -0.2) is 19.9 Å². The van der Waals surface area contributed by atoms with E-state index in [1.54, 1.807) is 12.3 Å². The molecular formula is C17H11N5O2. The number of aromatic nitrogens is 3. The normalized spacial score (nSPS) is 10.8. The Morgan fingerprint density at radius 2 is 1.83 bits per heavy atom. The van der Waals surface area contributed by atoms with Crippen LogP contribution in [0.3, 0.4) is 0 Å². The van der Waals surface area contributed by atoms with Crippen molar-refractivity contribution in [1.82, 2.24) is 15.0 Å². The summed E-state index contributed by atoms with van der Waals surface area (Å²) in [6.45, 7) is 0. The summed E-state index contributed by atoms with van der Waals surface area (Å²) in [5.74, 6) is 0.520. The van der Waals surface area contributed by atoms with Crippen molar-refractivity contribution in [3.63, 3.8) is 0 Å². The number of rotatable bonds is 3. The number of anilines is 2. The molecule has 0 spiro atoms. The van der Waals surface area contributed by atoms with Gasteiger partial charge >= 0.3 is 0 Å². The second kappa shape index (κ2) is 5.54. The van der Waals surface area contributed by atoms with Gasteiger partial charge in [-0.25, -0.2) is 9.97 Å². The van der Waals surface area contributed by atoms with E-state index in [1.807, 2.05) is 30.3 Å². The second-order valence-electron chi connectivity index (χ2n) is 5.22. The van der Waals surface area contributed by atoms with Gasteiger partial charge in [0.1, 0.15) is 12.1 Å². The molecular weight excluding hydrogens is 306 g/mol. The Labute approximate surface area is 136 Å². The lowest BCUT2D eigenvalue weighted by Crippen LogP contribution is -1.97. The van der Waals surface area contributed by atoms with Crippen LogP contribution < -0.4 is 5.32 Å². The number of nitro benzene ring substituents is 1. The molecule has 24 heavy (non-hydrogen) atoms. The molecule has 4 aromatic rings. The van der Waals surface area contributed by atoms with Crippen molar-refractivity contribution in [2.75, 3.05) is 5.32 Å². The van der Waals surface area contributed by atoms with E-state index in [2.05, 4.69) is 20.3 Å². The first-order valence-corrected chi connectivity index (χ1v) is 7.22. The predicted molar refractivity (Wildman–Crippen MR) is 91.2 cm³/mol.